The van der Waals surface area contributed by atoms with E-state index >= 15 is 0 Å². The maximum Gasteiger partial charge on any atom is 0.225 e. The van der Waals surface area contributed by atoms with Gasteiger partial charge in [-0.2, -0.15) is 0 Å². The largest absolute Gasteiger partial charge is 0.370 e. The third-order valence-electron chi connectivity index (χ3n) is 8.68. The van der Waals surface area contributed by atoms with Crippen molar-refractivity contribution < 1.29 is 9.53 Å². The number of ether oxygens (including phenoxy) is 1. The standard InChI is InChI=1S/C30H39N5O2/c1-19-7-6-10-24(17-19)20(2)31-28-25-18-26-27(37-16-15-35(26)29(25)33-21(3)32-28)22-11-13-34(14-12-22)30(36)23-8-4-5-9-23/h6-7,10,17-18,20,22-23,27H,4-5,8-9,11-16H2,1-3H3,(H,31,32,33)/t20-,27?/m1/s1. The molecule has 7 nitrogen and oxygen atoms in total. The van der Waals surface area contributed by atoms with E-state index in [1.807, 2.05) is 6.92 Å². The lowest BCUT2D eigenvalue weighted by molar-refractivity contribution is -0.138. The Morgan fingerprint density at radius 1 is 1.05 bits per heavy atom. The number of aryl methyl sites for hydroxylation is 2. The number of hydrogen-bond donors (Lipinski definition) is 1. The quantitative estimate of drug-likeness (QED) is 0.484. The van der Waals surface area contributed by atoms with Crippen LogP contribution in [0.2, 0.25) is 0 Å². The Morgan fingerprint density at radius 2 is 1.84 bits per heavy atom. The molecule has 3 aromatic rings. The van der Waals surface area contributed by atoms with Crippen LogP contribution in [0.3, 0.4) is 0 Å². The van der Waals surface area contributed by atoms with Crippen LogP contribution >= 0.6 is 0 Å². The number of nitrogens with one attached hydrogen (secondary N) is 1. The normalized spacial score (nSPS) is 21.8. The van der Waals surface area contributed by atoms with Gasteiger partial charge in [0.25, 0.3) is 0 Å². The average Bonchev–Trinajstić information content (AvgIpc) is 3.57. The minimum atomic E-state index is 0.0361. The highest BCUT2D eigenvalue weighted by molar-refractivity contribution is 5.89. The number of likely N-dealkylation sites (tertiary alicyclic amines) is 1. The van der Waals surface area contributed by atoms with E-state index in [1.54, 1.807) is 0 Å². The third-order valence-corrected chi connectivity index (χ3v) is 8.68. The number of benzene rings is 1. The molecular formula is C30H39N5O2. The van der Waals surface area contributed by atoms with E-state index in [0.29, 0.717) is 18.4 Å². The Bertz CT molecular complexity index is 1290. The van der Waals surface area contributed by atoms with Gasteiger partial charge in [0, 0.05) is 37.3 Å². The second kappa shape index (κ2) is 10.1. The Kier molecular flexibility index (Phi) is 6.65. The van der Waals surface area contributed by atoms with Crippen LogP contribution in [0.5, 0.6) is 0 Å². The van der Waals surface area contributed by atoms with Crippen LogP contribution in [0.25, 0.3) is 11.0 Å². The van der Waals surface area contributed by atoms with E-state index in [1.165, 1.54) is 29.7 Å². The zero-order valence-electron chi connectivity index (χ0n) is 22.4. The van der Waals surface area contributed by atoms with Crippen molar-refractivity contribution in [2.75, 3.05) is 25.0 Å². The van der Waals surface area contributed by atoms with Gasteiger partial charge in [-0.3, -0.25) is 4.79 Å². The van der Waals surface area contributed by atoms with Crippen molar-refractivity contribution in [2.24, 2.45) is 11.8 Å². The van der Waals surface area contributed by atoms with Crippen molar-refractivity contribution in [3.8, 4) is 0 Å². The van der Waals surface area contributed by atoms with Crippen molar-refractivity contribution in [2.45, 2.75) is 78.0 Å². The zero-order valence-corrected chi connectivity index (χ0v) is 22.4. The molecule has 2 fully saturated rings. The molecule has 37 heavy (non-hydrogen) atoms. The molecule has 2 aliphatic heterocycles. The summed E-state index contributed by atoms with van der Waals surface area (Å²) in [4.78, 5) is 24.7. The van der Waals surface area contributed by atoms with Crippen LogP contribution in [0, 0.1) is 25.7 Å². The topological polar surface area (TPSA) is 72.3 Å². The summed E-state index contributed by atoms with van der Waals surface area (Å²) < 4.78 is 8.75. The van der Waals surface area contributed by atoms with E-state index < -0.39 is 0 Å². The van der Waals surface area contributed by atoms with Crippen molar-refractivity contribution >= 4 is 22.8 Å². The number of hydrogen-bond acceptors (Lipinski definition) is 5. The summed E-state index contributed by atoms with van der Waals surface area (Å²) in [5.41, 5.74) is 4.69. The second-order valence-electron chi connectivity index (χ2n) is 11.3. The van der Waals surface area contributed by atoms with Gasteiger partial charge < -0.3 is 19.5 Å². The maximum atomic E-state index is 12.9. The first kappa shape index (κ1) is 24.4. The fourth-order valence-corrected chi connectivity index (χ4v) is 6.65. The first-order valence-corrected chi connectivity index (χ1v) is 14.1. The number of aromatic nitrogens is 3. The molecule has 0 radical (unpaired) electrons. The van der Waals surface area contributed by atoms with Crippen molar-refractivity contribution in [3.63, 3.8) is 0 Å². The Balaban J connectivity index is 1.24. The smallest absolute Gasteiger partial charge is 0.225 e. The number of amides is 1. The summed E-state index contributed by atoms with van der Waals surface area (Å²) in [6, 6.07) is 11.0. The summed E-state index contributed by atoms with van der Waals surface area (Å²) >= 11 is 0. The summed E-state index contributed by atoms with van der Waals surface area (Å²) in [5, 5.41) is 4.73. The van der Waals surface area contributed by atoms with E-state index in [4.69, 9.17) is 14.7 Å². The molecule has 1 N–H and O–H groups in total. The van der Waals surface area contributed by atoms with Crippen LogP contribution in [-0.2, 0) is 16.1 Å². The molecule has 1 unspecified atom stereocenters. The minimum Gasteiger partial charge on any atom is -0.370 e. The van der Waals surface area contributed by atoms with Gasteiger partial charge in [-0.25, -0.2) is 9.97 Å². The highest BCUT2D eigenvalue weighted by Gasteiger charge is 2.36. The van der Waals surface area contributed by atoms with E-state index in [-0.39, 0.29) is 18.1 Å². The molecule has 1 aromatic carbocycles. The molecule has 1 aliphatic carbocycles. The lowest BCUT2D eigenvalue weighted by atomic mass is 9.88. The van der Waals surface area contributed by atoms with E-state index in [2.05, 4.69) is 59.0 Å². The van der Waals surface area contributed by atoms with Crippen LogP contribution in [0.1, 0.15) is 80.2 Å². The van der Waals surface area contributed by atoms with Gasteiger partial charge in [0.1, 0.15) is 23.4 Å². The second-order valence-corrected chi connectivity index (χ2v) is 11.3. The summed E-state index contributed by atoms with van der Waals surface area (Å²) in [7, 11) is 0. The number of piperidine rings is 1. The molecule has 6 rings (SSSR count). The van der Waals surface area contributed by atoms with Crippen molar-refractivity contribution in [1.29, 1.82) is 0 Å². The number of rotatable bonds is 5. The predicted octanol–water partition coefficient (Wildman–Crippen LogP) is 5.72. The highest BCUT2D eigenvalue weighted by Crippen LogP contribution is 2.40. The van der Waals surface area contributed by atoms with Gasteiger partial charge in [-0.05, 0) is 64.0 Å². The number of carbonyl (C=O) groups is 1. The van der Waals surface area contributed by atoms with Gasteiger partial charge >= 0.3 is 0 Å². The molecule has 2 aromatic heterocycles. The number of anilines is 1. The first-order valence-electron chi connectivity index (χ1n) is 14.1. The fraction of sp³-hybridized carbons (Fsp3) is 0.567. The van der Waals surface area contributed by atoms with E-state index in [9.17, 15) is 4.79 Å². The van der Waals surface area contributed by atoms with Crippen LogP contribution in [-0.4, -0.2) is 45.0 Å². The lowest BCUT2D eigenvalue weighted by Gasteiger charge is -2.38. The van der Waals surface area contributed by atoms with Gasteiger partial charge in [-0.1, -0.05) is 42.7 Å². The molecule has 4 heterocycles. The molecule has 0 spiro atoms. The fourth-order valence-electron chi connectivity index (χ4n) is 6.65. The monoisotopic (exact) mass is 501 g/mol. The average molecular weight is 502 g/mol. The van der Waals surface area contributed by atoms with Crippen LogP contribution in [0.15, 0.2) is 30.3 Å². The van der Waals surface area contributed by atoms with Gasteiger partial charge in [-0.15, -0.1) is 0 Å². The van der Waals surface area contributed by atoms with E-state index in [0.717, 1.165) is 68.0 Å². The Morgan fingerprint density at radius 3 is 2.59 bits per heavy atom. The molecule has 3 aliphatic rings. The summed E-state index contributed by atoms with van der Waals surface area (Å²) in [6.45, 7) is 9.46. The molecule has 0 bridgehead atoms. The van der Waals surface area contributed by atoms with Gasteiger partial charge in [0.05, 0.1) is 12.0 Å². The highest BCUT2D eigenvalue weighted by atomic mass is 16.5. The molecule has 2 atom stereocenters. The number of carbonyl (C=O) groups excluding carboxylic acids is 1. The van der Waals surface area contributed by atoms with Gasteiger partial charge in [0.15, 0.2) is 0 Å². The molecule has 1 saturated carbocycles. The van der Waals surface area contributed by atoms with Crippen LogP contribution in [0.4, 0.5) is 5.82 Å². The third kappa shape index (κ3) is 4.74. The minimum absolute atomic E-state index is 0.0361. The molecule has 196 valence electrons. The maximum absolute atomic E-state index is 12.9. The van der Waals surface area contributed by atoms with Crippen molar-refractivity contribution in [3.05, 3.63) is 53.0 Å². The van der Waals surface area contributed by atoms with Gasteiger partial charge in [0.2, 0.25) is 5.91 Å². The molecular weight excluding hydrogens is 462 g/mol. The lowest BCUT2D eigenvalue weighted by Crippen LogP contribution is -2.43. The molecule has 7 heteroatoms. The predicted molar refractivity (Wildman–Crippen MR) is 145 cm³/mol. The summed E-state index contributed by atoms with van der Waals surface area (Å²) in [5.74, 6) is 2.72. The van der Waals surface area contributed by atoms with Crippen molar-refractivity contribution in [1.82, 2.24) is 19.4 Å². The number of nitrogens with zero attached hydrogens (tertiary/aromatic N) is 4. The SMILES string of the molecule is Cc1cccc([C@@H](C)Nc2nc(C)nc3c2cc2n3CCOC2C2CCN(C(=O)C3CCCC3)CC2)c1. The summed E-state index contributed by atoms with van der Waals surface area (Å²) in [6.07, 6.45) is 6.57. The Hall–Kier alpha value is -2.93. The molecule has 1 amide bonds. The zero-order chi connectivity index (χ0) is 25.5. The Labute approximate surface area is 219 Å². The number of fused-ring (bicyclic) bond motifs is 3. The first-order chi connectivity index (χ1) is 18.0. The van der Waals surface area contributed by atoms with Crippen LogP contribution < -0.4 is 5.32 Å². The molecule has 1 saturated heterocycles.